The van der Waals surface area contributed by atoms with Gasteiger partial charge >= 0.3 is 0 Å². The molecule has 134 valence electrons. The number of hydrogen-bond donors (Lipinski definition) is 1. The van der Waals surface area contributed by atoms with Crippen LogP contribution in [0.25, 0.3) is 0 Å². The van der Waals surface area contributed by atoms with Crippen LogP contribution in [0.1, 0.15) is 18.9 Å². The molecule has 0 bridgehead atoms. The Labute approximate surface area is 151 Å². The van der Waals surface area contributed by atoms with Crippen molar-refractivity contribution in [1.29, 1.82) is 0 Å². The van der Waals surface area contributed by atoms with Crippen LogP contribution in [-0.4, -0.2) is 25.2 Å². The van der Waals surface area contributed by atoms with Gasteiger partial charge in [0, 0.05) is 30.4 Å². The van der Waals surface area contributed by atoms with Gasteiger partial charge in [-0.3, -0.25) is 9.59 Å². The average Bonchev–Trinajstić information content (AvgIpc) is 3.28. The third-order valence-electron chi connectivity index (χ3n) is 4.79. The molecule has 2 aliphatic rings. The first kappa shape index (κ1) is 16.4. The second kappa shape index (κ2) is 6.71. The Balaban J connectivity index is 1.43. The zero-order chi connectivity index (χ0) is 18.1. The largest absolute Gasteiger partial charge is 0.454 e. The number of anilines is 2. The molecule has 0 radical (unpaired) electrons. The number of aryl methyl sites for hydroxylation is 1. The first-order valence-electron chi connectivity index (χ1n) is 8.74. The molecule has 26 heavy (non-hydrogen) atoms. The van der Waals surface area contributed by atoms with Gasteiger partial charge in [-0.15, -0.1) is 0 Å². The zero-order valence-corrected chi connectivity index (χ0v) is 14.5. The third-order valence-corrected chi connectivity index (χ3v) is 4.79. The SMILES string of the molecule is CCc1ccc(N2C[C@@H](C(=O)Nc3ccc4c(c3)OCO4)CC2=O)cc1. The number of hydrogen-bond acceptors (Lipinski definition) is 4. The minimum Gasteiger partial charge on any atom is -0.454 e. The van der Waals surface area contributed by atoms with Gasteiger partial charge < -0.3 is 19.7 Å². The van der Waals surface area contributed by atoms with Crippen molar-refractivity contribution in [3.8, 4) is 11.5 Å². The highest BCUT2D eigenvalue weighted by molar-refractivity contribution is 6.03. The number of rotatable bonds is 4. The predicted octanol–water partition coefficient (Wildman–Crippen LogP) is 2.97. The molecule has 2 aromatic rings. The summed E-state index contributed by atoms with van der Waals surface area (Å²) in [5.74, 6) is 0.715. The molecule has 0 aliphatic carbocycles. The fraction of sp³-hybridized carbons (Fsp3) is 0.300. The van der Waals surface area contributed by atoms with Gasteiger partial charge in [0.2, 0.25) is 18.6 Å². The number of amides is 2. The number of ether oxygens (including phenoxy) is 2. The highest BCUT2D eigenvalue weighted by atomic mass is 16.7. The van der Waals surface area contributed by atoms with Gasteiger partial charge in [-0.1, -0.05) is 19.1 Å². The van der Waals surface area contributed by atoms with Crippen LogP contribution in [0.2, 0.25) is 0 Å². The summed E-state index contributed by atoms with van der Waals surface area (Å²) >= 11 is 0. The van der Waals surface area contributed by atoms with Crippen LogP contribution < -0.4 is 19.7 Å². The van der Waals surface area contributed by atoms with E-state index < -0.39 is 0 Å². The van der Waals surface area contributed by atoms with E-state index in [0.717, 1.165) is 12.1 Å². The average molecular weight is 352 g/mol. The minimum absolute atomic E-state index is 0.0277. The molecule has 0 saturated carbocycles. The van der Waals surface area contributed by atoms with E-state index in [9.17, 15) is 9.59 Å². The fourth-order valence-corrected chi connectivity index (χ4v) is 3.26. The van der Waals surface area contributed by atoms with Crippen LogP contribution in [0, 0.1) is 5.92 Å². The second-order valence-electron chi connectivity index (χ2n) is 6.48. The van der Waals surface area contributed by atoms with Crippen LogP contribution in [0.3, 0.4) is 0 Å². The van der Waals surface area contributed by atoms with Gasteiger partial charge in [0.25, 0.3) is 0 Å². The van der Waals surface area contributed by atoms with Crippen molar-refractivity contribution in [3.05, 3.63) is 48.0 Å². The number of nitrogens with one attached hydrogen (secondary N) is 1. The Morgan fingerprint density at radius 3 is 2.69 bits per heavy atom. The number of carbonyl (C=O) groups is 2. The maximum absolute atomic E-state index is 12.6. The highest BCUT2D eigenvalue weighted by Crippen LogP contribution is 2.34. The third kappa shape index (κ3) is 3.10. The Morgan fingerprint density at radius 2 is 1.92 bits per heavy atom. The lowest BCUT2D eigenvalue weighted by Crippen LogP contribution is -2.28. The Hall–Kier alpha value is -3.02. The molecule has 2 aromatic carbocycles. The molecule has 0 spiro atoms. The van der Waals surface area contributed by atoms with Crippen LogP contribution in [0.15, 0.2) is 42.5 Å². The normalized spacial score (nSPS) is 18.3. The van der Waals surface area contributed by atoms with Gasteiger partial charge in [0.1, 0.15) is 0 Å². The highest BCUT2D eigenvalue weighted by Gasteiger charge is 2.35. The van der Waals surface area contributed by atoms with E-state index >= 15 is 0 Å². The summed E-state index contributed by atoms with van der Waals surface area (Å²) < 4.78 is 10.6. The van der Waals surface area contributed by atoms with Crippen LogP contribution in [0.5, 0.6) is 11.5 Å². The summed E-state index contributed by atoms with van der Waals surface area (Å²) in [6, 6.07) is 13.2. The molecule has 1 fully saturated rings. The lowest BCUT2D eigenvalue weighted by molar-refractivity contribution is -0.122. The first-order chi connectivity index (χ1) is 12.6. The Kier molecular flexibility index (Phi) is 4.24. The molecule has 6 nitrogen and oxygen atoms in total. The molecule has 2 amide bonds. The number of nitrogens with zero attached hydrogens (tertiary/aromatic N) is 1. The van der Waals surface area contributed by atoms with E-state index in [2.05, 4.69) is 12.2 Å². The number of fused-ring (bicyclic) bond motifs is 1. The molecule has 0 unspecified atom stereocenters. The monoisotopic (exact) mass is 352 g/mol. The summed E-state index contributed by atoms with van der Waals surface area (Å²) in [6.45, 7) is 2.67. The van der Waals surface area contributed by atoms with Crippen LogP contribution in [-0.2, 0) is 16.0 Å². The molecular weight excluding hydrogens is 332 g/mol. The lowest BCUT2D eigenvalue weighted by atomic mass is 10.1. The van der Waals surface area contributed by atoms with E-state index in [-0.39, 0.29) is 30.9 Å². The van der Waals surface area contributed by atoms with Crippen molar-refractivity contribution < 1.29 is 19.1 Å². The van der Waals surface area contributed by atoms with Gasteiger partial charge in [-0.05, 0) is 36.2 Å². The van der Waals surface area contributed by atoms with Crippen molar-refractivity contribution in [2.75, 3.05) is 23.6 Å². The topological polar surface area (TPSA) is 67.9 Å². The van der Waals surface area contributed by atoms with E-state index in [1.807, 2.05) is 24.3 Å². The minimum atomic E-state index is -0.376. The van der Waals surface area contributed by atoms with E-state index in [4.69, 9.17) is 9.47 Å². The molecule has 4 rings (SSSR count). The van der Waals surface area contributed by atoms with Crippen molar-refractivity contribution >= 4 is 23.2 Å². The molecule has 6 heteroatoms. The van der Waals surface area contributed by atoms with E-state index in [1.165, 1.54) is 5.56 Å². The summed E-state index contributed by atoms with van der Waals surface area (Å²) in [6.07, 6.45) is 1.17. The van der Waals surface area contributed by atoms with Crippen LogP contribution >= 0.6 is 0 Å². The summed E-state index contributed by atoms with van der Waals surface area (Å²) in [5.41, 5.74) is 2.69. The van der Waals surface area contributed by atoms with Gasteiger partial charge in [0.05, 0.1) is 5.92 Å². The summed E-state index contributed by atoms with van der Waals surface area (Å²) in [4.78, 5) is 26.6. The predicted molar refractivity (Wildman–Crippen MR) is 97.5 cm³/mol. The smallest absolute Gasteiger partial charge is 0.231 e. The first-order valence-corrected chi connectivity index (χ1v) is 8.74. The molecule has 2 heterocycles. The van der Waals surface area contributed by atoms with E-state index in [1.54, 1.807) is 23.1 Å². The summed E-state index contributed by atoms with van der Waals surface area (Å²) in [7, 11) is 0. The van der Waals surface area contributed by atoms with E-state index in [0.29, 0.717) is 23.7 Å². The van der Waals surface area contributed by atoms with Gasteiger partial charge in [-0.2, -0.15) is 0 Å². The number of carbonyl (C=O) groups excluding carboxylic acids is 2. The van der Waals surface area contributed by atoms with Crippen molar-refractivity contribution in [1.82, 2.24) is 0 Å². The van der Waals surface area contributed by atoms with Crippen molar-refractivity contribution in [2.24, 2.45) is 5.92 Å². The zero-order valence-electron chi connectivity index (χ0n) is 14.5. The molecule has 2 aliphatic heterocycles. The van der Waals surface area contributed by atoms with Gasteiger partial charge in [0.15, 0.2) is 11.5 Å². The molecule has 0 aromatic heterocycles. The molecule has 1 atom stereocenters. The maximum atomic E-state index is 12.6. The Bertz CT molecular complexity index is 847. The summed E-state index contributed by atoms with van der Waals surface area (Å²) in [5, 5.41) is 2.87. The standard InChI is InChI=1S/C20H20N2O4/c1-2-13-3-6-16(7-4-13)22-11-14(9-19(22)23)20(24)21-15-5-8-17-18(10-15)26-12-25-17/h3-8,10,14H,2,9,11-12H2,1H3,(H,21,24)/t14-/m0/s1. The van der Waals surface area contributed by atoms with Crippen molar-refractivity contribution in [2.45, 2.75) is 19.8 Å². The van der Waals surface area contributed by atoms with Crippen molar-refractivity contribution in [3.63, 3.8) is 0 Å². The molecule has 1 saturated heterocycles. The quantitative estimate of drug-likeness (QED) is 0.919. The number of benzene rings is 2. The molecular formula is C20H20N2O4. The fourth-order valence-electron chi connectivity index (χ4n) is 3.26. The van der Waals surface area contributed by atoms with Gasteiger partial charge in [-0.25, -0.2) is 0 Å². The second-order valence-corrected chi connectivity index (χ2v) is 6.48. The Morgan fingerprint density at radius 1 is 1.15 bits per heavy atom. The molecule has 1 N–H and O–H groups in total. The lowest BCUT2D eigenvalue weighted by Gasteiger charge is -2.17. The maximum Gasteiger partial charge on any atom is 0.231 e. The van der Waals surface area contributed by atoms with Crippen LogP contribution in [0.4, 0.5) is 11.4 Å².